The first-order valence-corrected chi connectivity index (χ1v) is 5.83. The number of ether oxygens (including phenoxy) is 1. The van der Waals surface area contributed by atoms with Gasteiger partial charge >= 0.3 is 0 Å². The van der Waals surface area contributed by atoms with E-state index < -0.39 is 0 Å². The number of aryl methyl sites for hydroxylation is 2. The highest BCUT2D eigenvalue weighted by molar-refractivity contribution is 6.30. The Morgan fingerprint density at radius 2 is 2.12 bits per heavy atom. The summed E-state index contributed by atoms with van der Waals surface area (Å²) < 4.78 is 5.36. The highest BCUT2D eigenvalue weighted by Gasteiger charge is 2.07. The average molecular weight is 241 g/mol. The Labute approximate surface area is 102 Å². The molecule has 1 aromatic rings. The molecular formula is C13H17ClO2. The minimum atomic E-state index is 0.627. The smallest absolute Gasteiger partial charge is 0.125 e. The lowest BCUT2D eigenvalue weighted by Gasteiger charge is -2.11. The van der Waals surface area contributed by atoms with Crippen LogP contribution in [0.1, 0.15) is 30.4 Å². The molecule has 0 aliphatic rings. The van der Waals surface area contributed by atoms with Crippen molar-refractivity contribution in [2.75, 3.05) is 7.11 Å². The molecule has 16 heavy (non-hydrogen) atoms. The molecule has 0 aromatic heterocycles. The Morgan fingerprint density at radius 3 is 2.75 bits per heavy atom. The summed E-state index contributed by atoms with van der Waals surface area (Å²) in [6.45, 7) is 1.99. The van der Waals surface area contributed by atoms with E-state index in [1.165, 1.54) is 0 Å². The maximum Gasteiger partial charge on any atom is 0.125 e. The molecule has 0 saturated heterocycles. The van der Waals surface area contributed by atoms with Crippen LogP contribution in [0.2, 0.25) is 5.02 Å². The number of aldehydes is 1. The van der Waals surface area contributed by atoms with E-state index >= 15 is 0 Å². The van der Waals surface area contributed by atoms with E-state index in [-0.39, 0.29) is 0 Å². The summed E-state index contributed by atoms with van der Waals surface area (Å²) in [7, 11) is 1.67. The average Bonchev–Trinajstić information content (AvgIpc) is 2.24. The first-order valence-electron chi connectivity index (χ1n) is 5.45. The quantitative estimate of drug-likeness (QED) is 0.561. The number of rotatable bonds is 6. The zero-order valence-electron chi connectivity index (χ0n) is 9.75. The molecule has 1 rings (SSSR count). The van der Waals surface area contributed by atoms with Gasteiger partial charge in [-0.05, 0) is 49.4 Å². The highest BCUT2D eigenvalue weighted by Crippen LogP contribution is 2.28. The first-order chi connectivity index (χ1) is 7.69. The van der Waals surface area contributed by atoms with Gasteiger partial charge in [0.25, 0.3) is 0 Å². The van der Waals surface area contributed by atoms with Crippen molar-refractivity contribution in [1.29, 1.82) is 0 Å². The van der Waals surface area contributed by atoms with Gasteiger partial charge in [0.05, 0.1) is 7.11 Å². The van der Waals surface area contributed by atoms with E-state index in [0.717, 1.165) is 47.4 Å². The van der Waals surface area contributed by atoms with Crippen LogP contribution in [0, 0.1) is 6.92 Å². The van der Waals surface area contributed by atoms with Crippen molar-refractivity contribution in [3.05, 3.63) is 28.3 Å². The second-order valence-corrected chi connectivity index (χ2v) is 4.26. The predicted molar refractivity (Wildman–Crippen MR) is 66.4 cm³/mol. The van der Waals surface area contributed by atoms with Gasteiger partial charge in [-0.3, -0.25) is 0 Å². The van der Waals surface area contributed by atoms with Gasteiger partial charge in [-0.25, -0.2) is 0 Å². The molecule has 0 amide bonds. The summed E-state index contributed by atoms with van der Waals surface area (Å²) >= 11 is 6.01. The van der Waals surface area contributed by atoms with Crippen molar-refractivity contribution >= 4 is 17.9 Å². The molecule has 0 aliphatic heterocycles. The van der Waals surface area contributed by atoms with Crippen LogP contribution in [0.4, 0.5) is 0 Å². The van der Waals surface area contributed by atoms with E-state index in [2.05, 4.69) is 0 Å². The van der Waals surface area contributed by atoms with Crippen molar-refractivity contribution in [2.45, 2.75) is 32.6 Å². The van der Waals surface area contributed by atoms with Crippen LogP contribution in [0.25, 0.3) is 0 Å². The topological polar surface area (TPSA) is 26.3 Å². The zero-order valence-corrected chi connectivity index (χ0v) is 10.5. The van der Waals surface area contributed by atoms with Crippen LogP contribution in [-0.2, 0) is 11.2 Å². The maximum atomic E-state index is 10.2. The minimum Gasteiger partial charge on any atom is -0.496 e. The van der Waals surface area contributed by atoms with Gasteiger partial charge < -0.3 is 9.53 Å². The molecule has 0 fully saturated rings. The monoisotopic (exact) mass is 240 g/mol. The van der Waals surface area contributed by atoms with Gasteiger partial charge in [-0.1, -0.05) is 11.6 Å². The number of benzene rings is 1. The van der Waals surface area contributed by atoms with E-state index in [1.807, 2.05) is 19.1 Å². The number of hydrogen-bond acceptors (Lipinski definition) is 2. The molecule has 1 aromatic carbocycles. The van der Waals surface area contributed by atoms with Crippen LogP contribution >= 0.6 is 11.6 Å². The largest absolute Gasteiger partial charge is 0.496 e. The van der Waals surface area contributed by atoms with Crippen LogP contribution in [0.15, 0.2) is 12.1 Å². The molecule has 0 saturated carbocycles. The second-order valence-electron chi connectivity index (χ2n) is 3.83. The van der Waals surface area contributed by atoms with Gasteiger partial charge in [-0.2, -0.15) is 0 Å². The number of carbonyl (C=O) groups excluding carboxylic acids is 1. The lowest BCUT2D eigenvalue weighted by molar-refractivity contribution is -0.107. The SMILES string of the molecule is COc1c(C)cc(Cl)cc1CCCCC=O. The number of unbranched alkanes of at least 4 members (excludes halogenated alkanes) is 2. The molecule has 0 N–H and O–H groups in total. The summed E-state index contributed by atoms with van der Waals surface area (Å²) in [6.07, 6.45) is 4.38. The van der Waals surface area contributed by atoms with Crippen LogP contribution in [0.5, 0.6) is 5.75 Å². The molecular weight excluding hydrogens is 224 g/mol. The Kier molecular flexibility index (Phi) is 5.33. The third kappa shape index (κ3) is 3.53. The summed E-state index contributed by atoms with van der Waals surface area (Å²) in [4.78, 5) is 10.2. The first kappa shape index (κ1) is 13.0. The van der Waals surface area contributed by atoms with Crippen LogP contribution in [0.3, 0.4) is 0 Å². The van der Waals surface area contributed by atoms with E-state index in [1.54, 1.807) is 7.11 Å². The molecule has 0 spiro atoms. The van der Waals surface area contributed by atoms with Gasteiger partial charge in [0.15, 0.2) is 0 Å². The fourth-order valence-corrected chi connectivity index (χ4v) is 2.12. The molecule has 2 nitrogen and oxygen atoms in total. The Bertz CT molecular complexity index is 361. The fourth-order valence-electron chi connectivity index (χ4n) is 1.82. The third-order valence-electron chi connectivity index (χ3n) is 2.54. The Morgan fingerprint density at radius 1 is 1.38 bits per heavy atom. The van der Waals surface area contributed by atoms with Crippen LogP contribution in [-0.4, -0.2) is 13.4 Å². The number of carbonyl (C=O) groups is 1. The van der Waals surface area contributed by atoms with E-state index in [0.29, 0.717) is 6.42 Å². The summed E-state index contributed by atoms with van der Waals surface area (Å²) in [5, 5.41) is 0.740. The molecule has 88 valence electrons. The number of halogens is 1. The Balaban J connectivity index is 2.73. The molecule has 0 heterocycles. The Hall–Kier alpha value is -1.02. The van der Waals surface area contributed by atoms with Crippen molar-refractivity contribution in [2.24, 2.45) is 0 Å². The van der Waals surface area contributed by atoms with Crippen molar-refractivity contribution in [1.82, 2.24) is 0 Å². The lowest BCUT2D eigenvalue weighted by Crippen LogP contribution is -1.95. The van der Waals surface area contributed by atoms with Crippen LogP contribution < -0.4 is 4.74 Å². The molecule has 3 heteroatoms. The van der Waals surface area contributed by atoms with Gasteiger partial charge in [0.1, 0.15) is 12.0 Å². The molecule has 0 radical (unpaired) electrons. The standard InChI is InChI=1S/C13H17ClO2/c1-10-8-12(14)9-11(13(10)16-2)6-4-3-5-7-15/h7-9H,3-6H2,1-2H3. The minimum absolute atomic E-state index is 0.627. The molecule has 0 unspecified atom stereocenters. The second kappa shape index (κ2) is 6.54. The summed E-state index contributed by atoms with van der Waals surface area (Å²) in [5.74, 6) is 0.913. The van der Waals surface area contributed by atoms with Gasteiger partial charge in [-0.15, -0.1) is 0 Å². The normalized spacial score (nSPS) is 10.2. The van der Waals surface area contributed by atoms with Gasteiger partial charge in [0.2, 0.25) is 0 Å². The third-order valence-corrected chi connectivity index (χ3v) is 2.76. The summed E-state index contributed by atoms with van der Waals surface area (Å²) in [6, 6.07) is 3.84. The number of methoxy groups -OCH3 is 1. The lowest BCUT2D eigenvalue weighted by atomic mass is 10.0. The van der Waals surface area contributed by atoms with E-state index in [4.69, 9.17) is 16.3 Å². The summed E-state index contributed by atoms with van der Waals surface area (Å²) in [5.41, 5.74) is 2.18. The zero-order chi connectivity index (χ0) is 12.0. The fraction of sp³-hybridized carbons (Fsp3) is 0.462. The van der Waals surface area contributed by atoms with Crippen molar-refractivity contribution in [3.8, 4) is 5.75 Å². The molecule has 0 aliphatic carbocycles. The molecule has 0 bridgehead atoms. The predicted octanol–water partition coefficient (Wildman–Crippen LogP) is 3.57. The maximum absolute atomic E-state index is 10.2. The number of hydrogen-bond donors (Lipinski definition) is 0. The van der Waals surface area contributed by atoms with Crippen molar-refractivity contribution in [3.63, 3.8) is 0 Å². The highest BCUT2D eigenvalue weighted by atomic mass is 35.5. The van der Waals surface area contributed by atoms with Crippen molar-refractivity contribution < 1.29 is 9.53 Å². The molecule has 0 atom stereocenters. The van der Waals surface area contributed by atoms with E-state index in [9.17, 15) is 4.79 Å². The van der Waals surface area contributed by atoms with Gasteiger partial charge in [0, 0.05) is 11.4 Å².